The lowest BCUT2D eigenvalue weighted by atomic mass is 9.78. The van der Waals surface area contributed by atoms with Gasteiger partial charge >= 0.3 is 0 Å². The Labute approximate surface area is 181 Å². The van der Waals surface area contributed by atoms with Gasteiger partial charge in [0.15, 0.2) is 0 Å². The standard InChI is InChI=1S/C21H31FN6O3/c1-21(2-3-21)31-17-8-13-15(9-14(17)22)25-26-20(13)16-10-18(24-12-23-16)27-4-6-28(7-5-27)19(30)11-29/h10,12-15,17,20,25-26,29H,2-9,11H2,1H3. The van der Waals surface area contributed by atoms with Gasteiger partial charge < -0.3 is 19.6 Å². The van der Waals surface area contributed by atoms with E-state index in [-0.39, 0.29) is 35.6 Å². The number of ether oxygens (including phenoxy) is 1. The van der Waals surface area contributed by atoms with Crippen LogP contribution in [0.15, 0.2) is 12.4 Å². The molecule has 170 valence electrons. The van der Waals surface area contributed by atoms with E-state index in [0.717, 1.165) is 24.4 Å². The molecule has 31 heavy (non-hydrogen) atoms. The minimum absolute atomic E-state index is 0.0328. The molecule has 2 saturated carbocycles. The highest BCUT2D eigenvalue weighted by molar-refractivity contribution is 5.77. The van der Waals surface area contributed by atoms with Gasteiger partial charge in [0.1, 0.15) is 24.9 Å². The van der Waals surface area contributed by atoms with Gasteiger partial charge in [0.25, 0.3) is 0 Å². The SMILES string of the molecule is CC1(OC2CC3C(CC2F)NNC3c2cc(N3CCN(C(=O)CO)CC3)ncn2)CC1. The van der Waals surface area contributed by atoms with Gasteiger partial charge in [-0.2, -0.15) is 0 Å². The lowest BCUT2D eigenvalue weighted by molar-refractivity contribution is -0.134. The minimum Gasteiger partial charge on any atom is -0.387 e. The molecule has 9 nitrogen and oxygen atoms in total. The van der Waals surface area contributed by atoms with Gasteiger partial charge in [-0.3, -0.25) is 10.2 Å². The number of aliphatic hydroxyl groups excluding tert-OH is 1. The summed E-state index contributed by atoms with van der Waals surface area (Å²) in [4.78, 5) is 24.5. The monoisotopic (exact) mass is 434 g/mol. The van der Waals surface area contributed by atoms with Gasteiger partial charge in [0.05, 0.1) is 23.4 Å². The van der Waals surface area contributed by atoms with Crippen LogP contribution in [0, 0.1) is 5.92 Å². The van der Waals surface area contributed by atoms with E-state index >= 15 is 0 Å². The second kappa shape index (κ2) is 8.23. The summed E-state index contributed by atoms with van der Waals surface area (Å²) >= 11 is 0. The molecule has 4 aliphatic rings. The van der Waals surface area contributed by atoms with Gasteiger partial charge in [-0.05, 0) is 32.6 Å². The number of anilines is 1. The van der Waals surface area contributed by atoms with E-state index in [1.54, 1.807) is 11.2 Å². The van der Waals surface area contributed by atoms with Gasteiger partial charge in [-0.15, -0.1) is 0 Å². The number of hydrogen-bond acceptors (Lipinski definition) is 8. The second-order valence-electron chi connectivity index (χ2n) is 9.46. The summed E-state index contributed by atoms with van der Waals surface area (Å²) in [5.74, 6) is 0.778. The summed E-state index contributed by atoms with van der Waals surface area (Å²) in [5.41, 5.74) is 7.35. The lowest BCUT2D eigenvalue weighted by Crippen LogP contribution is -2.49. The number of nitrogens with one attached hydrogen (secondary N) is 2. The molecule has 2 saturated heterocycles. The zero-order chi connectivity index (χ0) is 21.6. The molecule has 2 aliphatic heterocycles. The number of carbonyl (C=O) groups excluding carboxylic acids is 1. The van der Waals surface area contributed by atoms with E-state index in [1.165, 1.54) is 0 Å². The summed E-state index contributed by atoms with van der Waals surface area (Å²) in [7, 11) is 0. The highest BCUT2D eigenvalue weighted by Gasteiger charge is 2.50. The smallest absolute Gasteiger partial charge is 0.248 e. The first-order valence-corrected chi connectivity index (χ1v) is 11.2. The molecule has 4 fully saturated rings. The Balaban J connectivity index is 1.27. The van der Waals surface area contributed by atoms with Crippen molar-refractivity contribution < 1.29 is 19.0 Å². The Hall–Kier alpha value is -1.88. The van der Waals surface area contributed by atoms with Gasteiger partial charge in [0.2, 0.25) is 5.91 Å². The topological polar surface area (TPSA) is 103 Å². The van der Waals surface area contributed by atoms with Crippen molar-refractivity contribution in [1.82, 2.24) is 25.7 Å². The highest BCUT2D eigenvalue weighted by atomic mass is 19.1. The predicted octanol–water partition coefficient (Wildman–Crippen LogP) is 0.321. The molecular formula is C21H31FN6O3. The molecule has 3 heterocycles. The molecule has 1 amide bonds. The molecule has 1 aromatic heterocycles. The number of aliphatic hydroxyl groups is 1. The molecule has 1 aromatic rings. The molecule has 0 spiro atoms. The molecule has 0 aromatic carbocycles. The molecule has 5 unspecified atom stereocenters. The number of halogens is 1. The van der Waals surface area contributed by atoms with Crippen LogP contribution in [0.2, 0.25) is 0 Å². The van der Waals surface area contributed by atoms with Crippen molar-refractivity contribution in [3.05, 3.63) is 18.1 Å². The number of piperazine rings is 1. The third kappa shape index (κ3) is 4.26. The fourth-order valence-electron chi connectivity index (χ4n) is 5.05. The van der Waals surface area contributed by atoms with Gasteiger partial charge in [0, 0.05) is 44.2 Å². The zero-order valence-electron chi connectivity index (χ0n) is 17.8. The number of hydrogen-bond donors (Lipinski definition) is 3. The van der Waals surface area contributed by atoms with E-state index in [4.69, 9.17) is 9.84 Å². The van der Waals surface area contributed by atoms with Crippen molar-refractivity contribution in [3.63, 3.8) is 0 Å². The summed E-state index contributed by atoms with van der Waals surface area (Å²) < 4.78 is 20.9. The maximum atomic E-state index is 14.7. The lowest BCUT2D eigenvalue weighted by Gasteiger charge is -2.37. The zero-order valence-corrected chi connectivity index (χ0v) is 17.8. The number of hydrazine groups is 1. The maximum Gasteiger partial charge on any atom is 0.248 e. The van der Waals surface area contributed by atoms with Crippen molar-refractivity contribution in [1.29, 1.82) is 0 Å². The first-order valence-electron chi connectivity index (χ1n) is 11.2. The van der Waals surface area contributed by atoms with Gasteiger partial charge in [-0.25, -0.2) is 19.8 Å². The molecule has 5 atom stereocenters. The Morgan fingerprint density at radius 1 is 1.26 bits per heavy atom. The van der Waals surface area contributed by atoms with Crippen molar-refractivity contribution in [2.45, 2.75) is 62.6 Å². The Bertz CT molecular complexity index is 816. The number of rotatable bonds is 5. The van der Waals surface area contributed by atoms with Crippen LogP contribution in [0.4, 0.5) is 10.2 Å². The predicted molar refractivity (Wildman–Crippen MR) is 111 cm³/mol. The van der Waals surface area contributed by atoms with Crippen LogP contribution in [0.25, 0.3) is 0 Å². The van der Waals surface area contributed by atoms with Crippen LogP contribution < -0.4 is 15.8 Å². The third-order valence-electron chi connectivity index (χ3n) is 7.23. The third-order valence-corrected chi connectivity index (χ3v) is 7.23. The Kier molecular flexibility index (Phi) is 5.58. The van der Waals surface area contributed by atoms with E-state index in [0.29, 0.717) is 39.0 Å². The average molecular weight is 435 g/mol. The molecular weight excluding hydrogens is 403 g/mol. The van der Waals surface area contributed by atoms with E-state index in [2.05, 4.69) is 32.6 Å². The maximum absolute atomic E-state index is 14.7. The summed E-state index contributed by atoms with van der Waals surface area (Å²) in [6.07, 6.45) is 3.38. The molecule has 0 bridgehead atoms. The molecule has 2 aliphatic carbocycles. The Morgan fingerprint density at radius 3 is 2.74 bits per heavy atom. The van der Waals surface area contributed by atoms with Crippen LogP contribution in [0.1, 0.15) is 44.3 Å². The number of aromatic nitrogens is 2. The van der Waals surface area contributed by atoms with Crippen LogP contribution >= 0.6 is 0 Å². The van der Waals surface area contributed by atoms with E-state index in [9.17, 15) is 9.18 Å². The quantitative estimate of drug-likeness (QED) is 0.609. The molecule has 10 heteroatoms. The first kappa shape index (κ1) is 21.0. The van der Waals surface area contributed by atoms with E-state index < -0.39 is 12.8 Å². The van der Waals surface area contributed by atoms with Crippen molar-refractivity contribution in [2.75, 3.05) is 37.7 Å². The van der Waals surface area contributed by atoms with Gasteiger partial charge in [-0.1, -0.05) is 0 Å². The summed E-state index contributed by atoms with van der Waals surface area (Å²) in [5, 5.41) is 9.05. The minimum atomic E-state index is -0.953. The number of alkyl halides is 1. The van der Waals surface area contributed by atoms with Crippen LogP contribution in [-0.4, -0.2) is 82.6 Å². The normalized spacial score (nSPS) is 34.5. The van der Waals surface area contributed by atoms with Crippen molar-refractivity contribution in [3.8, 4) is 0 Å². The van der Waals surface area contributed by atoms with Crippen molar-refractivity contribution in [2.24, 2.45) is 5.92 Å². The van der Waals surface area contributed by atoms with Crippen LogP contribution in [0.5, 0.6) is 0 Å². The summed E-state index contributed by atoms with van der Waals surface area (Å²) in [6.45, 7) is 4.04. The Morgan fingerprint density at radius 2 is 2.03 bits per heavy atom. The fraction of sp³-hybridized carbons (Fsp3) is 0.762. The molecule has 0 radical (unpaired) electrons. The van der Waals surface area contributed by atoms with Crippen molar-refractivity contribution >= 4 is 11.7 Å². The summed E-state index contributed by atoms with van der Waals surface area (Å²) in [6, 6.07) is 2.01. The highest BCUT2D eigenvalue weighted by Crippen LogP contribution is 2.45. The van der Waals surface area contributed by atoms with Crippen LogP contribution in [-0.2, 0) is 9.53 Å². The van der Waals surface area contributed by atoms with Crippen LogP contribution in [0.3, 0.4) is 0 Å². The van der Waals surface area contributed by atoms with E-state index in [1.807, 2.05) is 6.07 Å². The molecule has 5 rings (SSSR count). The first-order chi connectivity index (χ1) is 15.0. The fourth-order valence-corrected chi connectivity index (χ4v) is 5.05. The number of fused-ring (bicyclic) bond motifs is 1. The largest absolute Gasteiger partial charge is 0.387 e. The molecule has 3 N–H and O–H groups in total. The average Bonchev–Trinajstić information content (AvgIpc) is 3.38. The number of amides is 1. The second-order valence-corrected chi connectivity index (χ2v) is 9.46. The number of carbonyl (C=O) groups is 1. The number of nitrogens with zero attached hydrogens (tertiary/aromatic N) is 4.